The number of hydrogen-bond donors (Lipinski definition) is 0. The minimum Gasteiger partial charge on any atom is -0.310 e. The third-order valence-electron chi connectivity index (χ3n) is 13.0. The second-order valence-electron chi connectivity index (χ2n) is 16.9. The lowest BCUT2D eigenvalue weighted by molar-refractivity contribution is 1.18. The van der Waals surface area contributed by atoms with Crippen molar-refractivity contribution in [3.63, 3.8) is 0 Å². The fourth-order valence-electron chi connectivity index (χ4n) is 9.87. The Morgan fingerprint density at radius 1 is 0.242 bits per heavy atom. The molecule has 0 radical (unpaired) electrons. The van der Waals surface area contributed by atoms with Crippen molar-refractivity contribution in [1.82, 2.24) is 4.57 Å². The van der Waals surface area contributed by atoms with Gasteiger partial charge < -0.3 is 9.47 Å². The monoisotopic (exact) mass is 840 g/mol. The maximum absolute atomic E-state index is 2.37. The highest BCUT2D eigenvalue weighted by Crippen LogP contribution is 2.43. The van der Waals surface area contributed by atoms with Crippen molar-refractivity contribution in [3.05, 3.63) is 267 Å². The Kier molecular flexibility index (Phi) is 9.89. The van der Waals surface area contributed by atoms with Crippen LogP contribution in [0.4, 0.5) is 17.1 Å². The molecule has 0 fully saturated rings. The summed E-state index contributed by atoms with van der Waals surface area (Å²) >= 11 is 0. The summed E-state index contributed by atoms with van der Waals surface area (Å²) < 4.78 is 2.37. The van der Waals surface area contributed by atoms with Gasteiger partial charge in [0, 0.05) is 33.5 Å². The molecule has 66 heavy (non-hydrogen) atoms. The van der Waals surface area contributed by atoms with Crippen LogP contribution in [0.25, 0.3) is 93.9 Å². The number of aromatic nitrogens is 1. The summed E-state index contributed by atoms with van der Waals surface area (Å²) in [6.07, 6.45) is 0. The van der Waals surface area contributed by atoms with Crippen LogP contribution < -0.4 is 4.90 Å². The highest BCUT2D eigenvalue weighted by Gasteiger charge is 2.18. The first-order valence-corrected chi connectivity index (χ1v) is 22.7. The van der Waals surface area contributed by atoms with Gasteiger partial charge in [-0.3, -0.25) is 0 Å². The van der Waals surface area contributed by atoms with Gasteiger partial charge in [0.25, 0.3) is 0 Å². The van der Waals surface area contributed by atoms with Crippen LogP contribution in [0.5, 0.6) is 0 Å². The Labute approximate surface area is 385 Å². The van der Waals surface area contributed by atoms with Crippen LogP contribution >= 0.6 is 0 Å². The zero-order chi connectivity index (χ0) is 43.8. The molecule has 0 aliphatic heterocycles. The number of para-hydroxylation sites is 2. The van der Waals surface area contributed by atoms with Crippen LogP contribution in [0, 0.1) is 0 Å². The van der Waals surface area contributed by atoms with Gasteiger partial charge in [0.2, 0.25) is 0 Å². The lowest BCUT2D eigenvalue weighted by Crippen LogP contribution is -2.09. The number of rotatable bonds is 9. The number of hydrogen-bond acceptors (Lipinski definition) is 1. The summed E-state index contributed by atoms with van der Waals surface area (Å²) in [5, 5.41) is 4.97. The molecule has 0 aliphatic carbocycles. The minimum atomic E-state index is 1.09. The van der Waals surface area contributed by atoms with Crippen LogP contribution in [-0.2, 0) is 0 Å². The lowest BCUT2D eigenvalue weighted by Gasteiger charge is -2.26. The summed E-state index contributed by atoms with van der Waals surface area (Å²) in [4.78, 5) is 2.37. The van der Waals surface area contributed by atoms with E-state index in [0.29, 0.717) is 0 Å². The molecular weight excluding hydrogens is 797 g/mol. The standard InChI is InChI=1S/C64H44N2/c1-2-17-48(18-3-1)55-20-6-8-22-57(55)59-24-10-11-25-60(59)58-23-9-7-21-56(58)49-35-41-52(42-36-49)65(54-43-34-45-16-4-5-19-50(45)44-54)51-37-30-46(31-38-51)47-32-39-53(40-33-47)66-63-28-14-12-26-61(63)62-27-13-15-29-64(62)66/h1-44H. The van der Waals surface area contributed by atoms with Gasteiger partial charge in [-0.1, -0.05) is 206 Å². The van der Waals surface area contributed by atoms with Gasteiger partial charge >= 0.3 is 0 Å². The Morgan fingerprint density at radius 3 is 1.17 bits per heavy atom. The van der Waals surface area contributed by atoms with Gasteiger partial charge in [0.15, 0.2) is 0 Å². The van der Waals surface area contributed by atoms with Crippen LogP contribution in [0.3, 0.4) is 0 Å². The Morgan fingerprint density at radius 2 is 0.621 bits per heavy atom. The van der Waals surface area contributed by atoms with Crippen molar-refractivity contribution in [2.24, 2.45) is 0 Å². The maximum Gasteiger partial charge on any atom is 0.0541 e. The molecular formula is C64H44N2. The summed E-state index contributed by atoms with van der Waals surface area (Å²) in [7, 11) is 0. The van der Waals surface area contributed by atoms with E-state index in [-0.39, 0.29) is 0 Å². The number of nitrogens with zero attached hydrogens (tertiary/aromatic N) is 2. The van der Waals surface area contributed by atoms with E-state index >= 15 is 0 Å². The molecule has 2 nitrogen and oxygen atoms in total. The third kappa shape index (κ3) is 7.02. The largest absolute Gasteiger partial charge is 0.310 e. The first-order chi connectivity index (χ1) is 32.7. The third-order valence-corrected chi connectivity index (χ3v) is 13.0. The topological polar surface area (TPSA) is 8.17 Å². The molecule has 1 heterocycles. The smallest absolute Gasteiger partial charge is 0.0541 e. The Balaban J connectivity index is 0.896. The highest BCUT2D eigenvalue weighted by molar-refractivity contribution is 6.09. The van der Waals surface area contributed by atoms with Gasteiger partial charge in [0.05, 0.1) is 11.0 Å². The molecule has 0 aliphatic rings. The van der Waals surface area contributed by atoms with Crippen molar-refractivity contribution >= 4 is 49.6 Å². The first-order valence-electron chi connectivity index (χ1n) is 22.7. The predicted molar refractivity (Wildman–Crippen MR) is 280 cm³/mol. The minimum absolute atomic E-state index is 1.09. The van der Waals surface area contributed by atoms with E-state index in [1.165, 1.54) is 88.2 Å². The predicted octanol–water partition coefficient (Wildman–Crippen LogP) is 17.7. The molecule has 0 spiro atoms. The Hall–Kier alpha value is -8.72. The molecule has 0 saturated heterocycles. The summed E-state index contributed by atoms with van der Waals surface area (Å²) in [6, 6.07) is 96.8. The van der Waals surface area contributed by atoms with Gasteiger partial charge in [-0.15, -0.1) is 0 Å². The zero-order valence-electron chi connectivity index (χ0n) is 36.3. The lowest BCUT2D eigenvalue weighted by atomic mass is 9.87. The zero-order valence-corrected chi connectivity index (χ0v) is 36.3. The SMILES string of the molecule is c1ccc(-c2ccccc2-c2ccccc2-c2ccccc2-c2ccc(N(c3ccc(-c4ccc(-n5c6ccccc6c6ccccc65)cc4)cc3)c3ccc4ccccc4c3)cc2)cc1. The van der Waals surface area contributed by atoms with E-state index in [2.05, 4.69) is 276 Å². The van der Waals surface area contributed by atoms with Crippen molar-refractivity contribution in [1.29, 1.82) is 0 Å². The fourth-order valence-corrected chi connectivity index (χ4v) is 9.87. The molecule has 0 atom stereocenters. The van der Waals surface area contributed by atoms with E-state index < -0.39 is 0 Å². The quantitative estimate of drug-likeness (QED) is 0.141. The van der Waals surface area contributed by atoms with Crippen molar-refractivity contribution in [2.45, 2.75) is 0 Å². The van der Waals surface area contributed by atoms with E-state index in [0.717, 1.165) is 22.7 Å². The van der Waals surface area contributed by atoms with Gasteiger partial charge in [-0.25, -0.2) is 0 Å². The maximum atomic E-state index is 2.37. The van der Waals surface area contributed by atoms with Crippen molar-refractivity contribution in [2.75, 3.05) is 4.90 Å². The van der Waals surface area contributed by atoms with E-state index in [1.54, 1.807) is 0 Å². The molecule has 0 amide bonds. The molecule has 2 heteroatoms. The van der Waals surface area contributed by atoms with Crippen molar-refractivity contribution in [3.8, 4) is 61.3 Å². The van der Waals surface area contributed by atoms with Crippen molar-refractivity contribution < 1.29 is 0 Å². The molecule has 0 saturated carbocycles. The molecule has 12 aromatic rings. The highest BCUT2D eigenvalue weighted by atomic mass is 15.1. The van der Waals surface area contributed by atoms with Crippen LogP contribution in [0.15, 0.2) is 267 Å². The molecule has 1 aromatic heterocycles. The van der Waals surface area contributed by atoms with Crippen LogP contribution in [0.2, 0.25) is 0 Å². The van der Waals surface area contributed by atoms with E-state index in [4.69, 9.17) is 0 Å². The molecule has 310 valence electrons. The first kappa shape index (κ1) is 38.9. The average molecular weight is 841 g/mol. The van der Waals surface area contributed by atoms with E-state index in [1.807, 2.05) is 0 Å². The van der Waals surface area contributed by atoms with Gasteiger partial charge in [0.1, 0.15) is 0 Å². The molecule has 11 aromatic carbocycles. The van der Waals surface area contributed by atoms with Crippen LogP contribution in [-0.4, -0.2) is 4.57 Å². The fraction of sp³-hybridized carbons (Fsp3) is 0. The number of fused-ring (bicyclic) bond motifs is 4. The normalized spacial score (nSPS) is 11.3. The molecule has 12 rings (SSSR count). The van der Waals surface area contributed by atoms with E-state index in [9.17, 15) is 0 Å². The Bertz CT molecular complexity index is 3620. The molecule has 0 unspecified atom stereocenters. The van der Waals surface area contributed by atoms with Crippen LogP contribution in [0.1, 0.15) is 0 Å². The summed E-state index contributed by atoms with van der Waals surface area (Å²) in [5.41, 5.74) is 18.9. The van der Waals surface area contributed by atoms with Gasteiger partial charge in [-0.2, -0.15) is 0 Å². The summed E-state index contributed by atoms with van der Waals surface area (Å²) in [6.45, 7) is 0. The summed E-state index contributed by atoms with van der Waals surface area (Å²) in [5.74, 6) is 0. The number of benzene rings is 11. The second kappa shape index (κ2) is 16.8. The average Bonchev–Trinajstić information content (AvgIpc) is 3.74. The molecule has 0 N–H and O–H groups in total. The molecule has 0 bridgehead atoms. The van der Waals surface area contributed by atoms with Gasteiger partial charge in [-0.05, 0) is 127 Å². The second-order valence-corrected chi connectivity index (χ2v) is 16.9. The number of anilines is 3.